The smallest absolute Gasteiger partial charge is 0.320 e. The first kappa shape index (κ1) is 17.9. The summed E-state index contributed by atoms with van der Waals surface area (Å²) in [5.41, 5.74) is 1.25. The molecule has 0 aliphatic carbocycles. The number of hydrogen-bond acceptors (Lipinski definition) is 1. The summed E-state index contributed by atoms with van der Waals surface area (Å²) in [5.74, 6) is 0. The van der Waals surface area contributed by atoms with Gasteiger partial charge in [0.05, 0.1) is 10.6 Å². The van der Waals surface area contributed by atoms with Gasteiger partial charge in [0.1, 0.15) is 0 Å². The van der Waals surface area contributed by atoms with Crippen LogP contribution in [0.4, 0.5) is 23.7 Å². The van der Waals surface area contributed by atoms with Crippen LogP contribution in [-0.4, -0.2) is 17.5 Å². The maximum absolute atomic E-state index is 12.7. The number of nitrogens with zero attached hydrogens (tertiary/aromatic N) is 1. The molecule has 1 aliphatic rings. The lowest BCUT2D eigenvalue weighted by atomic mass is 10.00. The molecule has 0 unspecified atom stereocenters. The van der Waals surface area contributed by atoms with Crippen LogP contribution >= 0.6 is 23.2 Å². The van der Waals surface area contributed by atoms with Crippen molar-refractivity contribution in [2.45, 2.75) is 19.1 Å². The largest absolute Gasteiger partial charge is 0.417 e. The minimum atomic E-state index is -4.53. The molecule has 3 nitrogen and oxygen atoms in total. The van der Waals surface area contributed by atoms with Crippen molar-refractivity contribution < 1.29 is 18.0 Å². The Morgan fingerprint density at radius 3 is 2.56 bits per heavy atom. The monoisotopic (exact) mass is 388 g/mol. The Kier molecular flexibility index (Phi) is 4.84. The van der Waals surface area contributed by atoms with Gasteiger partial charge in [-0.2, -0.15) is 13.2 Å². The summed E-state index contributed by atoms with van der Waals surface area (Å²) < 4.78 is 38.1. The van der Waals surface area contributed by atoms with E-state index in [1.54, 1.807) is 11.0 Å². The summed E-state index contributed by atoms with van der Waals surface area (Å²) >= 11 is 11.8. The van der Waals surface area contributed by atoms with Crippen molar-refractivity contribution in [3.05, 3.63) is 63.1 Å². The minimum absolute atomic E-state index is 0.208. The molecule has 3 rings (SSSR count). The maximum atomic E-state index is 12.7. The number of benzene rings is 2. The van der Waals surface area contributed by atoms with Gasteiger partial charge in [0, 0.05) is 23.8 Å². The third-order valence-corrected chi connectivity index (χ3v) is 4.69. The van der Waals surface area contributed by atoms with Crippen LogP contribution in [0.25, 0.3) is 0 Å². The topological polar surface area (TPSA) is 32.3 Å². The number of alkyl halides is 3. The third kappa shape index (κ3) is 3.85. The Hall–Kier alpha value is -1.92. The highest BCUT2D eigenvalue weighted by Gasteiger charge is 2.33. The van der Waals surface area contributed by atoms with Gasteiger partial charge in [-0.05, 0) is 41.8 Å². The van der Waals surface area contributed by atoms with Crippen molar-refractivity contribution in [2.24, 2.45) is 0 Å². The summed E-state index contributed by atoms with van der Waals surface area (Å²) in [4.78, 5) is 13.9. The van der Waals surface area contributed by atoms with E-state index in [0.29, 0.717) is 24.5 Å². The lowest BCUT2D eigenvalue weighted by Crippen LogP contribution is -2.39. The SMILES string of the molecule is O=C(Nc1ccc(C(F)(F)F)c(Cl)c1)N1CCc2c(Cl)cccc2C1. The van der Waals surface area contributed by atoms with Gasteiger partial charge in [-0.15, -0.1) is 0 Å². The van der Waals surface area contributed by atoms with Gasteiger partial charge in [0.2, 0.25) is 0 Å². The van der Waals surface area contributed by atoms with Crippen LogP contribution in [0.15, 0.2) is 36.4 Å². The number of carbonyl (C=O) groups excluding carboxylic acids is 1. The van der Waals surface area contributed by atoms with Crippen LogP contribution in [-0.2, 0) is 19.1 Å². The number of nitrogens with one attached hydrogen (secondary N) is 1. The molecule has 0 saturated heterocycles. The molecular weight excluding hydrogens is 376 g/mol. The second-order valence-electron chi connectivity index (χ2n) is 5.67. The fraction of sp³-hybridized carbons (Fsp3) is 0.235. The number of urea groups is 1. The molecule has 132 valence electrons. The molecule has 0 bridgehead atoms. The van der Waals surface area contributed by atoms with Crippen LogP contribution in [0.1, 0.15) is 16.7 Å². The van der Waals surface area contributed by atoms with E-state index in [1.165, 1.54) is 6.07 Å². The average Bonchev–Trinajstić information content (AvgIpc) is 2.53. The van der Waals surface area contributed by atoms with Crippen molar-refractivity contribution in [1.82, 2.24) is 4.90 Å². The quantitative estimate of drug-likeness (QED) is 0.677. The predicted molar refractivity (Wildman–Crippen MR) is 91.0 cm³/mol. The second-order valence-corrected chi connectivity index (χ2v) is 6.49. The van der Waals surface area contributed by atoms with Crippen molar-refractivity contribution >= 4 is 34.9 Å². The Bertz CT molecular complexity index is 824. The zero-order valence-corrected chi connectivity index (χ0v) is 14.3. The van der Waals surface area contributed by atoms with Crippen LogP contribution < -0.4 is 5.32 Å². The van der Waals surface area contributed by atoms with Gasteiger partial charge in [-0.1, -0.05) is 35.3 Å². The third-order valence-electron chi connectivity index (χ3n) is 4.02. The number of amides is 2. The highest BCUT2D eigenvalue weighted by molar-refractivity contribution is 6.32. The van der Waals surface area contributed by atoms with Gasteiger partial charge >= 0.3 is 12.2 Å². The summed E-state index contributed by atoms with van der Waals surface area (Å²) in [6.45, 7) is 0.854. The number of hydrogen-bond donors (Lipinski definition) is 1. The number of anilines is 1. The van der Waals surface area contributed by atoms with Crippen molar-refractivity contribution in [1.29, 1.82) is 0 Å². The molecule has 2 aromatic rings. The molecule has 0 radical (unpaired) electrons. The molecule has 0 aromatic heterocycles. The summed E-state index contributed by atoms with van der Waals surface area (Å²) in [6.07, 6.45) is -3.91. The summed E-state index contributed by atoms with van der Waals surface area (Å²) in [7, 11) is 0. The molecule has 1 aliphatic heterocycles. The van der Waals surface area contributed by atoms with Crippen LogP contribution in [0.3, 0.4) is 0 Å². The van der Waals surface area contributed by atoms with E-state index in [9.17, 15) is 18.0 Å². The van der Waals surface area contributed by atoms with Crippen LogP contribution in [0, 0.1) is 0 Å². The molecule has 8 heteroatoms. The van der Waals surface area contributed by atoms with Crippen molar-refractivity contribution in [3.8, 4) is 0 Å². The first-order chi connectivity index (χ1) is 11.8. The molecule has 2 amide bonds. The predicted octanol–water partition coefficient (Wildman–Crippen LogP) is 5.60. The summed E-state index contributed by atoms with van der Waals surface area (Å²) in [5, 5.41) is 2.79. The number of fused-ring (bicyclic) bond motifs is 1. The Morgan fingerprint density at radius 2 is 1.88 bits per heavy atom. The van der Waals surface area contributed by atoms with E-state index in [1.807, 2.05) is 12.1 Å². The van der Waals surface area contributed by atoms with E-state index in [-0.39, 0.29) is 5.69 Å². The first-order valence-corrected chi connectivity index (χ1v) is 8.20. The minimum Gasteiger partial charge on any atom is -0.320 e. The molecular formula is C17H13Cl2F3N2O. The molecule has 0 spiro atoms. The van der Waals surface area contributed by atoms with E-state index in [2.05, 4.69) is 5.32 Å². The fourth-order valence-electron chi connectivity index (χ4n) is 2.76. The Morgan fingerprint density at radius 1 is 1.12 bits per heavy atom. The van der Waals surface area contributed by atoms with E-state index >= 15 is 0 Å². The highest BCUT2D eigenvalue weighted by Crippen LogP contribution is 2.36. The van der Waals surface area contributed by atoms with Crippen molar-refractivity contribution in [3.63, 3.8) is 0 Å². The number of rotatable bonds is 1. The normalized spacial score (nSPS) is 14.2. The number of carbonyl (C=O) groups is 1. The second kappa shape index (κ2) is 6.77. The van der Waals surface area contributed by atoms with Crippen LogP contribution in [0.2, 0.25) is 10.0 Å². The molecule has 25 heavy (non-hydrogen) atoms. The molecule has 1 heterocycles. The number of halogens is 5. The summed E-state index contributed by atoms with van der Waals surface area (Å²) in [6, 6.07) is 8.25. The van der Waals surface area contributed by atoms with Gasteiger partial charge in [-0.3, -0.25) is 0 Å². The van der Waals surface area contributed by atoms with Crippen molar-refractivity contribution in [2.75, 3.05) is 11.9 Å². The maximum Gasteiger partial charge on any atom is 0.417 e. The van der Waals surface area contributed by atoms with Crippen LogP contribution in [0.5, 0.6) is 0 Å². The first-order valence-electron chi connectivity index (χ1n) is 7.44. The van der Waals surface area contributed by atoms with Gasteiger partial charge in [-0.25, -0.2) is 4.79 Å². The molecule has 0 fully saturated rings. The Balaban J connectivity index is 1.72. The van der Waals surface area contributed by atoms with Gasteiger partial charge < -0.3 is 10.2 Å². The van der Waals surface area contributed by atoms with Gasteiger partial charge in [0.15, 0.2) is 0 Å². The molecule has 1 N–H and O–H groups in total. The molecule has 0 saturated carbocycles. The Labute approximate surface area is 152 Å². The van der Waals surface area contributed by atoms with Gasteiger partial charge in [0.25, 0.3) is 0 Å². The van der Waals surface area contributed by atoms with E-state index in [0.717, 1.165) is 23.3 Å². The zero-order valence-electron chi connectivity index (χ0n) is 12.8. The standard InChI is InChI=1S/C17H13Cl2F3N2O/c18-14-3-1-2-10-9-24(7-6-12(10)14)16(25)23-11-4-5-13(15(19)8-11)17(20,21)22/h1-5,8H,6-7,9H2,(H,23,25). The lowest BCUT2D eigenvalue weighted by Gasteiger charge is -2.29. The lowest BCUT2D eigenvalue weighted by molar-refractivity contribution is -0.137. The van der Waals surface area contributed by atoms with E-state index < -0.39 is 22.8 Å². The molecule has 2 aromatic carbocycles. The fourth-order valence-corrected chi connectivity index (χ4v) is 3.34. The highest BCUT2D eigenvalue weighted by atomic mass is 35.5. The zero-order chi connectivity index (χ0) is 18.2. The molecule has 0 atom stereocenters. The van der Waals surface area contributed by atoms with E-state index in [4.69, 9.17) is 23.2 Å². The average molecular weight is 389 g/mol.